The molecule has 1 N–H and O–H groups in total. The zero-order valence-electron chi connectivity index (χ0n) is 32.3. The quantitative estimate of drug-likeness (QED) is 0.194. The summed E-state index contributed by atoms with van der Waals surface area (Å²) in [6.07, 6.45) is 0.590. The van der Waals surface area contributed by atoms with Gasteiger partial charge < -0.3 is 33.6 Å². The number of likely N-dealkylation sites (tertiary alicyclic amines) is 1. The summed E-state index contributed by atoms with van der Waals surface area (Å²) in [5.41, 5.74) is 1.75. The number of anilines is 2. The van der Waals surface area contributed by atoms with E-state index >= 15 is 4.39 Å². The lowest BCUT2D eigenvalue weighted by atomic mass is 9.90. The van der Waals surface area contributed by atoms with E-state index in [1.807, 2.05) is 39.8 Å². The van der Waals surface area contributed by atoms with Crippen molar-refractivity contribution in [2.75, 3.05) is 50.6 Å². The van der Waals surface area contributed by atoms with E-state index in [0.29, 0.717) is 54.1 Å². The minimum Gasteiger partial charge on any atom is -0.462 e. The molecule has 2 aromatic carbocycles. The summed E-state index contributed by atoms with van der Waals surface area (Å²) in [5.74, 6) is 0.0993. The van der Waals surface area contributed by atoms with Crippen LogP contribution in [0.2, 0.25) is 5.02 Å². The molecule has 3 aliphatic rings. The van der Waals surface area contributed by atoms with Crippen molar-refractivity contribution < 1.29 is 32.9 Å². The summed E-state index contributed by atoms with van der Waals surface area (Å²) in [6.45, 7) is 13.1. The Hall–Kier alpha value is -4.49. The fourth-order valence-corrected chi connectivity index (χ4v) is 8.96. The van der Waals surface area contributed by atoms with Gasteiger partial charge in [0.25, 0.3) is 0 Å². The lowest BCUT2D eigenvalue weighted by Crippen LogP contribution is -2.56. The van der Waals surface area contributed by atoms with E-state index in [4.69, 9.17) is 40.5 Å². The maximum absolute atomic E-state index is 15.6. The average molecular weight is 794 g/mol. The van der Waals surface area contributed by atoms with Gasteiger partial charge in [-0.3, -0.25) is 5.32 Å². The molecule has 3 aliphatic heterocycles. The second-order valence-corrected chi connectivity index (χ2v) is 17.8. The molecular weight excluding hydrogens is 749 g/mol. The Morgan fingerprint density at radius 3 is 2.36 bits per heavy atom. The SMILES string of the molecule is CN(C)CCOc1nc(N2C3CCC2CN(C(=O)OC(C)(C)C)C3)c2c3c(c(-c4ccc(F)c5sc(NC(=O)OC(C)(C)C)c(C#N)c45)c(Cl)c2n1)COC3. The van der Waals surface area contributed by atoms with E-state index in [1.165, 1.54) is 6.07 Å². The van der Waals surface area contributed by atoms with Gasteiger partial charge in [-0.2, -0.15) is 15.2 Å². The number of nitriles is 1. The summed E-state index contributed by atoms with van der Waals surface area (Å²) in [7, 11) is 3.89. The minimum absolute atomic E-state index is 0.0490. The van der Waals surface area contributed by atoms with E-state index in [0.717, 1.165) is 40.7 Å². The van der Waals surface area contributed by atoms with Gasteiger partial charge in [-0.05, 0) is 91.2 Å². The Morgan fingerprint density at radius 1 is 1.05 bits per heavy atom. The predicted molar refractivity (Wildman–Crippen MR) is 210 cm³/mol. The van der Waals surface area contributed by atoms with Gasteiger partial charge in [0.05, 0.1) is 39.4 Å². The van der Waals surface area contributed by atoms with Crippen molar-refractivity contribution >= 4 is 66.9 Å². The summed E-state index contributed by atoms with van der Waals surface area (Å²) >= 11 is 8.43. The number of thiophene rings is 1. The van der Waals surface area contributed by atoms with Crippen molar-refractivity contribution in [3.05, 3.63) is 39.7 Å². The Balaban J connectivity index is 1.40. The van der Waals surface area contributed by atoms with Crippen LogP contribution < -0.4 is 15.0 Å². The third kappa shape index (κ3) is 7.57. The standard InChI is InChI=1S/C39H45ClFN7O6S/c1-38(2,3)53-36(49)45-34-23(15-42)28-22(11-12-26(41)32(28)55-34)27-24-18-51-19-25(24)29-31(30(27)40)43-35(52-14-13-46(7)8)44-33(29)48-20-9-10-21(48)17-47(16-20)37(50)54-39(4,5)6/h11-12,20-21H,9-10,13-14,16-19H2,1-8H3,(H,45,49). The van der Waals surface area contributed by atoms with Gasteiger partial charge >= 0.3 is 18.2 Å². The predicted octanol–water partition coefficient (Wildman–Crippen LogP) is 8.08. The third-order valence-electron chi connectivity index (χ3n) is 9.69. The van der Waals surface area contributed by atoms with Gasteiger partial charge in [-0.1, -0.05) is 17.7 Å². The monoisotopic (exact) mass is 793 g/mol. The van der Waals surface area contributed by atoms with Gasteiger partial charge in [-0.15, -0.1) is 11.3 Å². The molecular formula is C39H45ClFN7O6S. The Morgan fingerprint density at radius 2 is 1.73 bits per heavy atom. The van der Waals surface area contributed by atoms with E-state index in [-0.39, 0.29) is 57.7 Å². The number of likely N-dealkylation sites (N-methyl/N-ethyl adjacent to an activating group) is 1. The number of nitrogens with zero attached hydrogens (tertiary/aromatic N) is 6. The van der Waals surface area contributed by atoms with Crippen molar-refractivity contribution in [2.45, 2.75) is 90.9 Å². The van der Waals surface area contributed by atoms with Crippen molar-refractivity contribution in [3.8, 4) is 23.2 Å². The molecule has 4 aromatic rings. The number of carbonyl (C=O) groups is 2. The number of benzene rings is 2. The molecule has 16 heteroatoms. The highest BCUT2D eigenvalue weighted by atomic mass is 35.5. The molecule has 0 saturated carbocycles. The number of piperazine rings is 1. The molecule has 0 aliphatic carbocycles. The topological polar surface area (TPSA) is 142 Å². The van der Waals surface area contributed by atoms with Crippen LogP contribution >= 0.6 is 22.9 Å². The molecule has 7 rings (SSSR count). The summed E-state index contributed by atoms with van der Waals surface area (Å²) in [6, 6.07) is 5.16. The number of fused-ring (bicyclic) bond motifs is 6. The van der Waals surface area contributed by atoms with Gasteiger partial charge in [0.1, 0.15) is 40.5 Å². The average Bonchev–Trinajstić information content (AvgIpc) is 3.77. The number of hydrogen-bond donors (Lipinski definition) is 1. The maximum Gasteiger partial charge on any atom is 0.412 e. The van der Waals surface area contributed by atoms with Crippen LogP contribution in [0.1, 0.15) is 71.1 Å². The van der Waals surface area contributed by atoms with Crippen LogP contribution in [0.4, 0.5) is 24.8 Å². The molecule has 2 saturated heterocycles. The van der Waals surface area contributed by atoms with Crippen molar-refractivity contribution in [1.29, 1.82) is 5.26 Å². The highest BCUT2D eigenvalue weighted by molar-refractivity contribution is 7.23. The Labute approximate surface area is 328 Å². The van der Waals surface area contributed by atoms with E-state index < -0.39 is 23.1 Å². The molecule has 2 aromatic heterocycles. The number of halogens is 2. The second kappa shape index (κ2) is 14.5. The Bertz CT molecular complexity index is 2230. The van der Waals surface area contributed by atoms with Crippen molar-refractivity contribution in [2.24, 2.45) is 0 Å². The maximum atomic E-state index is 15.6. The van der Waals surface area contributed by atoms with Gasteiger partial charge in [0.2, 0.25) is 0 Å². The van der Waals surface area contributed by atoms with Crippen LogP contribution in [0, 0.1) is 17.1 Å². The van der Waals surface area contributed by atoms with Gasteiger partial charge in [-0.25, -0.2) is 14.0 Å². The van der Waals surface area contributed by atoms with Crippen LogP contribution in [-0.4, -0.2) is 95.6 Å². The first-order valence-electron chi connectivity index (χ1n) is 18.3. The van der Waals surface area contributed by atoms with E-state index in [1.54, 1.807) is 31.7 Å². The van der Waals surface area contributed by atoms with Gasteiger partial charge in [0.15, 0.2) is 0 Å². The number of hydrogen-bond acceptors (Lipinski definition) is 12. The molecule has 0 radical (unpaired) electrons. The number of rotatable bonds is 7. The van der Waals surface area contributed by atoms with Crippen LogP contribution in [0.15, 0.2) is 12.1 Å². The van der Waals surface area contributed by atoms with E-state index in [9.17, 15) is 14.9 Å². The smallest absolute Gasteiger partial charge is 0.412 e. The van der Waals surface area contributed by atoms with Crippen molar-refractivity contribution in [1.82, 2.24) is 19.8 Å². The first-order valence-corrected chi connectivity index (χ1v) is 19.5. The molecule has 2 bridgehead atoms. The molecule has 5 heterocycles. The van der Waals surface area contributed by atoms with Crippen LogP contribution in [0.5, 0.6) is 6.01 Å². The molecule has 0 spiro atoms. The highest BCUT2D eigenvalue weighted by Crippen LogP contribution is 2.51. The number of nitrogens with one attached hydrogen (secondary N) is 1. The fourth-order valence-electron chi connectivity index (χ4n) is 7.54. The molecule has 292 valence electrons. The lowest BCUT2D eigenvalue weighted by Gasteiger charge is -2.42. The summed E-state index contributed by atoms with van der Waals surface area (Å²) < 4.78 is 39.2. The van der Waals surface area contributed by atoms with Crippen LogP contribution in [0.25, 0.3) is 32.1 Å². The summed E-state index contributed by atoms with van der Waals surface area (Å²) in [5, 5.41) is 14.6. The number of carbonyl (C=O) groups excluding carboxylic acids is 2. The fraction of sp³-hybridized carbons (Fsp3) is 0.513. The molecule has 2 fully saturated rings. The first-order chi connectivity index (χ1) is 25.9. The van der Waals surface area contributed by atoms with Gasteiger partial charge in [0, 0.05) is 42.7 Å². The van der Waals surface area contributed by atoms with Crippen LogP contribution in [0.3, 0.4) is 0 Å². The molecule has 2 amide bonds. The number of ether oxygens (including phenoxy) is 4. The zero-order chi connectivity index (χ0) is 39.6. The number of amides is 2. The third-order valence-corrected chi connectivity index (χ3v) is 11.2. The number of aromatic nitrogens is 2. The lowest BCUT2D eigenvalue weighted by molar-refractivity contribution is 0.0209. The second-order valence-electron chi connectivity index (χ2n) is 16.4. The van der Waals surface area contributed by atoms with E-state index in [2.05, 4.69) is 16.3 Å². The molecule has 2 atom stereocenters. The first kappa shape index (κ1) is 38.8. The normalized spacial score (nSPS) is 18.2. The molecule has 55 heavy (non-hydrogen) atoms. The van der Waals surface area contributed by atoms with Crippen LogP contribution in [-0.2, 0) is 27.4 Å². The molecule has 13 nitrogen and oxygen atoms in total. The highest BCUT2D eigenvalue weighted by Gasteiger charge is 2.45. The summed E-state index contributed by atoms with van der Waals surface area (Å²) in [4.78, 5) is 42.0. The van der Waals surface area contributed by atoms with Crippen molar-refractivity contribution in [3.63, 3.8) is 0 Å². The Kier molecular flexibility index (Phi) is 10.3. The zero-order valence-corrected chi connectivity index (χ0v) is 33.8. The minimum atomic E-state index is -0.788. The largest absolute Gasteiger partial charge is 0.462 e. The molecule has 2 unspecified atom stereocenters.